The van der Waals surface area contributed by atoms with Gasteiger partial charge in [-0.15, -0.1) is 0 Å². The Morgan fingerprint density at radius 3 is 2.39 bits per heavy atom. The largest absolute Gasteiger partial charge is 0.479 e. The summed E-state index contributed by atoms with van der Waals surface area (Å²) in [5.41, 5.74) is -0.437. The first-order valence-corrected chi connectivity index (χ1v) is 6.43. The van der Waals surface area contributed by atoms with Gasteiger partial charge in [0.1, 0.15) is 0 Å². The lowest BCUT2D eigenvalue weighted by Gasteiger charge is -2.30. The standard InChI is InChI=1S/C13H23NO4/c1-13(2,9-6-4-5-7-9)12(17)14-8-10(18-3)11(15)16/h9-10H,4-8H2,1-3H3,(H,14,17)(H,15,16). The maximum absolute atomic E-state index is 12.1. The van der Waals surface area contributed by atoms with E-state index in [4.69, 9.17) is 9.84 Å². The molecule has 0 aromatic carbocycles. The number of carboxylic acid groups (broad SMARTS) is 1. The minimum Gasteiger partial charge on any atom is -0.479 e. The molecule has 1 rings (SSSR count). The van der Waals surface area contributed by atoms with E-state index in [2.05, 4.69) is 5.32 Å². The van der Waals surface area contributed by atoms with E-state index in [0.29, 0.717) is 5.92 Å². The second-order valence-electron chi connectivity index (χ2n) is 5.48. The maximum atomic E-state index is 12.1. The van der Waals surface area contributed by atoms with Crippen molar-refractivity contribution in [3.8, 4) is 0 Å². The first kappa shape index (κ1) is 15.0. The number of carbonyl (C=O) groups is 2. The highest BCUT2D eigenvalue weighted by Gasteiger charge is 2.38. The molecule has 1 saturated carbocycles. The van der Waals surface area contributed by atoms with Crippen molar-refractivity contribution in [2.45, 2.75) is 45.6 Å². The van der Waals surface area contributed by atoms with Gasteiger partial charge < -0.3 is 15.2 Å². The predicted molar refractivity (Wildman–Crippen MR) is 67.2 cm³/mol. The Kier molecular flexibility index (Phi) is 5.14. The summed E-state index contributed by atoms with van der Waals surface area (Å²) in [6, 6.07) is 0. The van der Waals surface area contributed by atoms with Crippen LogP contribution in [0, 0.1) is 11.3 Å². The van der Waals surface area contributed by atoms with Crippen LogP contribution < -0.4 is 5.32 Å². The third-order valence-corrected chi connectivity index (χ3v) is 3.97. The zero-order valence-electron chi connectivity index (χ0n) is 11.4. The lowest BCUT2D eigenvalue weighted by atomic mass is 9.77. The van der Waals surface area contributed by atoms with Crippen molar-refractivity contribution >= 4 is 11.9 Å². The van der Waals surface area contributed by atoms with Crippen molar-refractivity contribution in [2.24, 2.45) is 11.3 Å². The Morgan fingerprint density at radius 2 is 1.94 bits per heavy atom. The minimum absolute atomic E-state index is 0.0147. The fourth-order valence-corrected chi connectivity index (χ4v) is 2.52. The highest BCUT2D eigenvalue weighted by molar-refractivity contribution is 5.83. The van der Waals surface area contributed by atoms with Gasteiger partial charge in [0.25, 0.3) is 0 Å². The summed E-state index contributed by atoms with van der Waals surface area (Å²) in [5.74, 6) is -0.752. The number of rotatable bonds is 6. The van der Waals surface area contributed by atoms with Crippen LogP contribution in [0.25, 0.3) is 0 Å². The maximum Gasteiger partial charge on any atom is 0.334 e. The normalized spacial score (nSPS) is 18.6. The Balaban J connectivity index is 2.50. The van der Waals surface area contributed by atoms with E-state index in [1.54, 1.807) is 0 Å². The Bertz CT molecular complexity index is 308. The highest BCUT2D eigenvalue weighted by atomic mass is 16.5. The molecule has 1 atom stereocenters. The van der Waals surface area contributed by atoms with Gasteiger partial charge >= 0.3 is 5.97 Å². The molecule has 1 unspecified atom stereocenters. The number of carbonyl (C=O) groups excluding carboxylic acids is 1. The molecule has 0 spiro atoms. The van der Waals surface area contributed by atoms with E-state index in [-0.39, 0.29) is 12.5 Å². The summed E-state index contributed by atoms with van der Waals surface area (Å²) >= 11 is 0. The molecule has 0 aliphatic heterocycles. The SMILES string of the molecule is COC(CNC(=O)C(C)(C)C1CCCC1)C(=O)O. The fourth-order valence-electron chi connectivity index (χ4n) is 2.52. The Morgan fingerprint density at radius 1 is 1.39 bits per heavy atom. The van der Waals surface area contributed by atoms with Gasteiger partial charge in [-0.2, -0.15) is 0 Å². The van der Waals surface area contributed by atoms with Crippen LogP contribution in [0.4, 0.5) is 0 Å². The number of hydrogen-bond donors (Lipinski definition) is 2. The zero-order valence-corrected chi connectivity index (χ0v) is 11.4. The molecule has 0 aromatic heterocycles. The van der Waals surface area contributed by atoms with Crippen LogP contribution in [0.2, 0.25) is 0 Å². The van der Waals surface area contributed by atoms with E-state index in [9.17, 15) is 9.59 Å². The molecule has 2 N–H and O–H groups in total. The van der Waals surface area contributed by atoms with Crippen molar-refractivity contribution < 1.29 is 19.4 Å². The van der Waals surface area contributed by atoms with Crippen LogP contribution in [-0.4, -0.2) is 36.7 Å². The lowest BCUT2D eigenvalue weighted by molar-refractivity contribution is -0.148. The molecule has 0 saturated heterocycles. The molecule has 0 radical (unpaired) electrons. The number of ether oxygens (including phenoxy) is 1. The summed E-state index contributed by atoms with van der Waals surface area (Å²) in [6.45, 7) is 3.88. The van der Waals surface area contributed by atoms with Gasteiger partial charge in [0, 0.05) is 12.5 Å². The second-order valence-corrected chi connectivity index (χ2v) is 5.48. The molecule has 1 aliphatic carbocycles. The van der Waals surface area contributed by atoms with E-state index in [0.717, 1.165) is 12.8 Å². The lowest BCUT2D eigenvalue weighted by Crippen LogP contribution is -2.45. The molecule has 1 amide bonds. The monoisotopic (exact) mass is 257 g/mol. The molecule has 5 nitrogen and oxygen atoms in total. The molecule has 0 heterocycles. The number of methoxy groups -OCH3 is 1. The summed E-state index contributed by atoms with van der Waals surface area (Å²) in [7, 11) is 1.33. The zero-order chi connectivity index (χ0) is 13.8. The van der Waals surface area contributed by atoms with Gasteiger partial charge in [0.2, 0.25) is 5.91 Å². The van der Waals surface area contributed by atoms with Gasteiger partial charge in [0.05, 0.1) is 6.54 Å². The molecular weight excluding hydrogens is 234 g/mol. The number of carboxylic acids is 1. The number of amides is 1. The summed E-state index contributed by atoms with van der Waals surface area (Å²) in [4.78, 5) is 22.9. The summed E-state index contributed by atoms with van der Waals surface area (Å²) in [5, 5.41) is 11.5. The molecule has 18 heavy (non-hydrogen) atoms. The van der Waals surface area contributed by atoms with E-state index in [1.165, 1.54) is 20.0 Å². The molecular formula is C13H23NO4. The highest BCUT2D eigenvalue weighted by Crippen LogP contribution is 2.39. The Labute approximate surface area is 108 Å². The fraction of sp³-hybridized carbons (Fsp3) is 0.846. The quantitative estimate of drug-likeness (QED) is 0.754. The van der Waals surface area contributed by atoms with Crippen LogP contribution in [0.15, 0.2) is 0 Å². The van der Waals surface area contributed by atoms with Gasteiger partial charge in [-0.3, -0.25) is 4.79 Å². The molecule has 5 heteroatoms. The third-order valence-electron chi connectivity index (χ3n) is 3.97. The number of hydrogen-bond acceptors (Lipinski definition) is 3. The third kappa shape index (κ3) is 3.45. The van der Waals surface area contributed by atoms with Crippen molar-refractivity contribution in [3.63, 3.8) is 0 Å². The average molecular weight is 257 g/mol. The number of aliphatic carboxylic acids is 1. The predicted octanol–water partition coefficient (Wildman–Crippen LogP) is 1.42. The van der Waals surface area contributed by atoms with Crippen molar-refractivity contribution in [1.29, 1.82) is 0 Å². The van der Waals surface area contributed by atoms with E-state index < -0.39 is 17.5 Å². The Hall–Kier alpha value is -1.10. The van der Waals surface area contributed by atoms with Gasteiger partial charge in [-0.25, -0.2) is 4.79 Å². The van der Waals surface area contributed by atoms with E-state index in [1.807, 2.05) is 13.8 Å². The van der Waals surface area contributed by atoms with Gasteiger partial charge in [0.15, 0.2) is 6.10 Å². The minimum atomic E-state index is -1.06. The molecule has 1 fully saturated rings. The average Bonchev–Trinajstić information content (AvgIpc) is 2.82. The van der Waals surface area contributed by atoms with Gasteiger partial charge in [-0.05, 0) is 18.8 Å². The van der Waals surface area contributed by atoms with Gasteiger partial charge in [-0.1, -0.05) is 26.7 Å². The van der Waals surface area contributed by atoms with Crippen LogP contribution in [0.3, 0.4) is 0 Å². The van der Waals surface area contributed by atoms with Crippen LogP contribution >= 0.6 is 0 Å². The van der Waals surface area contributed by atoms with E-state index >= 15 is 0 Å². The number of nitrogens with one attached hydrogen (secondary N) is 1. The summed E-state index contributed by atoms with van der Waals surface area (Å²) < 4.78 is 4.79. The topological polar surface area (TPSA) is 75.6 Å². The van der Waals surface area contributed by atoms with Crippen LogP contribution in [0.1, 0.15) is 39.5 Å². The smallest absolute Gasteiger partial charge is 0.334 e. The van der Waals surface area contributed by atoms with Crippen molar-refractivity contribution in [2.75, 3.05) is 13.7 Å². The summed E-state index contributed by atoms with van der Waals surface area (Å²) in [6.07, 6.45) is 3.53. The first-order valence-electron chi connectivity index (χ1n) is 6.43. The molecule has 0 aromatic rings. The van der Waals surface area contributed by atoms with Crippen molar-refractivity contribution in [3.05, 3.63) is 0 Å². The van der Waals surface area contributed by atoms with Crippen LogP contribution in [0.5, 0.6) is 0 Å². The second kappa shape index (κ2) is 6.18. The van der Waals surface area contributed by atoms with Crippen LogP contribution in [-0.2, 0) is 14.3 Å². The first-order chi connectivity index (χ1) is 8.39. The molecule has 104 valence electrons. The molecule has 1 aliphatic rings. The van der Waals surface area contributed by atoms with Crippen molar-refractivity contribution in [1.82, 2.24) is 5.32 Å². The molecule has 0 bridgehead atoms.